The summed E-state index contributed by atoms with van der Waals surface area (Å²) in [6.45, 7) is 3.50. The molecule has 0 unspecified atom stereocenters. The van der Waals surface area contributed by atoms with Gasteiger partial charge in [-0.15, -0.1) is 0 Å². The molecule has 1 saturated heterocycles. The fourth-order valence-corrected chi connectivity index (χ4v) is 3.65. The normalized spacial score (nSPS) is 15.5. The number of nitrogens with one attached hydrogen (secondary N) is 1. The van der Waals surface area contributed by atoms with Crippen molar-refractivity contribution in [2.45, 2.75) is 13.8 Å². The number of thioether (sulfide) groups is 1. The van der Waals surface area contributed by atoms with E-state index in [-0.39, 0.29) is 6.54 Å². The van der Waals surface area contributed by atoms with Crippen molar-refractivity contribution < 1.29 is 14.4 Å². The highest BCUT2D eigenvalue weighted by atomic mass is 79.9. The van der Waals surface area contributed by atoms with Gasteiger partial charge in [0.25, 0.3) is 11.1 Å². The standard InChI is InChI=1S/C20H17BrN2O3S/c1-12-3-4-13(2)16(9-12)22-18(24)11-23-19(25)17(27-20(23)26)10-14-5-7-15(21)8-6-14/h3-10H,11H2,1-2H3,(H,22,24)/b17-10+. The average Bonchev–Trinajstić information content (AvgIpc) is 2.87. The number of hydrogen-bond acceptors (Lipinski definition) is 4. The van der Waals surface area contributed by atoms with Crippen LogP contribution in [0.3, 0.4) is 0 Å². The first kappa shape index (κ1) is 19.4. The molecule has 0 radical (unpaired) electrons. The number of imide groups is 1. The molecule has 3 rings (SSSR count). The predicted octanol–water partition coefficient (Wildman–Crippen LogP) is 4.74. The molecule has 2 aromatic rings. The molecule has 3 amide bonds. The van der Waals surface area contributed by atoms with Crippen molar-refractivity contribution in [1.29, 1.82) is 0 Å². The Labute approximate surface area is 169 Å². The Hall–Kier alpha value is -2.38. The molecule has 1 heterocycles. The first-order chi connectivity index (χ1) is 12.8. The Morgan fingerprint density at radius 2 is 1.85 bits per heavy atom. The fraction of sp³-hybridized carbons (Fsp3) is 0.150. The lowest BCUT2D eigenvalue weighted by Gasteiger charge is -2.14. The zero-order valence-electron chi connectivity index (χ0n) is 14.8. The van der Waals surface area contributed by atoms with Crippen LogP contribution in [-0.4, -0.2) is 28.5 Å². The number of aryl methyl sites for hydroxylation is 2. The molecule has 5 nitrogen and oxygen atoms in total. The van der Waals surface area contributed by atoms with Crippen LogP contribution in [0.15, 0.2) is 51.8 Å². The Morgan fingerprint density at radius 1 is 1.15 bits per heavy atom. The Kier molecular flexibility index (Phi) is 5.82. The van der Waals surface area contributed by atoms with Crippen molar-refractivity contribution in [3.63, 3.8) is 0 Å². The van der Waals surface area contributed by atoms with Gasteiger partial charge >= 0.3 is 0 Å². The minimum atomic E-state index is -0.455. The number of benzene rings is 2. The fourth-order valence-electron chi connectivity index (χ4n) is 2.55. The third-order valence-corrected chi connectivity index (χ3v) is 5.45. The number of carbonyl (C=O) groups excluding carboxylic acids is 3. The lowest BCUT2D eigenvalue weighted by molar-refractivity contribution is -0.127. The van der Waals surface area contributed by atoms with Crippen LogP contribution in [0.5, 0.6) is 0 Å². The molecule has 138 valence electrons. The highest BCUT2D eigenvalue weighted by Crippen LogP contribution is 2.32. The highest BCUT2D eigenvalue weighted by molar-refractivity contribution is 9.10. The van der Waals surface area contributed by atoms with E-state index in [0.717, 1.165) is 37.8 Å². The third kappa shape index (κ3) is 4.67. The van der Waals surface area contributed by atoms with Crippen LogP contribution in [-0.2, 0) is 9.59 Å². The zero-order valence-corrected chi connectivity index (χ0v) is 17.2. The van der Waals surface area contributed by atoms with E-state index in [4.69, 9.17) is 0 Å². The topological polar surface area (TPSA) is 66.5 Å². The Morgan fingerprint density at radius 3 is 2.56 bits per heavy atom. The number of amides is 3. The maximum Gasteiger partial charge on any atom is 0.294 e. The SMILES string of the molecule is Cc1ccc(C)c(NC(=O)CN2C(=O)S/C(=C/c3ccc(Br)cc3)C2=O)c1. The molecule has 0 spiro atoms. The highest BCUT2D eigenvalue weighted by Gasteiger charge is 2.36. The van der Waals surface area contributed by atoms with Gasteiger partial charge in [0.05, 0.1) is 4.91 Å². The average molecular weight is 445 g/mol. The van der Waals surface area contributed by atoms with Gasteiger partial charge in [0, 0.05) is 10.2 Å². The lowest BCUT2D eigenvalue weighted by atomic mass is 10.1. The van der Waals surface area contributed by atoms with E-state index in [2.05, 4.69) is 21.2 Å². The van der Waals surface area contributed by atoms with E-state index in [0.29, 0.717) is 10.6 Å². The number of halogens is 1. The van der Waals surface area contributed by atoms with E-state index < -0.39 is 17.1 Å². The third-order valence-electron chi connectivity index (χ3n) is 4.01. The van der Waals surface area contributed by atoms with E-state index in [9.17, 15) is 14.4 Å². The molecule has 27 heavy (non-hydrogen) atoms. The molecule has 0 bridgehead atoms. The molecular weight excluding hydrogens is 428 g/mol. The van der Waals surface area contributed by atoms with Gasteiger partial charge < -0.3 is 5.32 Å². The number of anilines is 1. The van der Waals surface area contributed by atoms with Gasteiger partial charge in [0.2, 0.25) is 5.91 Å². The zero-order chi connectivity index (χ0) is 19.6. The molecule has 0 aromatic heterocycles. The van der Waals surface area contributed by atoms with Gasteiger partial charge in [-0.05, 0) is 66.6 Å². The molecule has 0 atom stereocenters. The molecule has 0 aliphatic carbocycles. The quantitative estimate of drug-likeness (QED) is 0.691. The number of rotatable bonds is 4. The number of nitrogens with zero attached hydrogens (tertiary/aromatic N) is 1. The van der Waals surface area contributed by atoms with Gasteiger partial charge in [-0.1, -0.05) is 40.2 Å². The van der Waals surface area contributed by atoms with Crippen LogP contribution < -0.4 is 5.32 Å². The lowest BCUT2D eigenvalue weighted by Crippen LogP contribution is -2.36. The van der Waals surface area contributed by atoms with Gasteiger partial charge in [-0.2, -0.15) is 0 Å². The summed E-state index contributed by atoms with van der Waals surface area (Å²) in [4.78, 5) is 38.3. The summed E-state index contributed by atoms with van der Waals surface area (Å²) >= 11 is 4.19. The Bertz CT molecular complexity index is 954. The van der Waals surface area contributed by atoms with Gasteiger partial charge in [-0.25, -0.2) is 0 Å². The molecule has 1 fully saturated rings. The second kappa shape index (κ2) is 8.10. The summed E-state index contributed by atoms with van der Waals surface area (Å²) in [5, 5.41) is 2.33. The van der Waals surface area contributed by atoms with E-state index >= 15 is 0 Å². The van der Waals surface area contributed by atoms with E-state index in [1.54, 1.807) is 6.08 Å². The molecule has 1 aliphatic rings. The Balaban J connectivity index is 1.71. The summed E-state index contributed by atoms with van der Waals surface area (Å²) in [5.74, 6) is -0.861. The minimum Gasteiger partial charge on any atom is -0.324 e. The van der Waals surface area contributed by atoms with Crippen molar-refractivity contribution in [2.24, 2.45) is 0 Å². The number of carbonyl (C=O) groups is 3. The summed E-state index contributed by atoms with van der Waals surface area (Å²) in [6.07, 6.45) is 1.65. The van der Waals surface area contributed by atoms with Crippen LogP contribution in [0.4, 0.5) is 10.5 Å². The maximum atomic E-state index is 12.5. The second-order valence-electron chi connectivity index (χ2n) is 6.19. The predicted molar refractivity (Wildman–Crippen MR) is 111 cm³/mol. The summed E-state index contributed by atoms with van der Waals surface area (Å²) < 4.78 is 0.927. The van der Waals surface area contributed by atoms with Crippen molar-refractivity contribution >= 4 is 56.5 Å². The van der Waals surface area contributed by atoms with Crippen molar-refractivity contribution in [2.75, 3.05) is 11.9 Å². The van der Waals surface area contributed by atoms with Crippen LogP contribution >= 0.6 is 27.7 Å². The molecule has 0 saturated carbocycles. The van der Waals surface area contributed by atoms with Gasteiger partial charge in [-0.3, -0.25) is 19.3 Å². The van der Waals surface area contributed by atoms with Crippen LogP contribution in [0.1, 0.15) is 16.7 Å². The number of hydrogen-bond donors (Lipinski definition) is 1. The van der Waals surface area contributed by atoms with Crippen molar-refractivity contribution in [3.05, 3.63) is 68.5 Å². The second-order valence-corrected chi connectivity index (χ2v) is 8.09. The van der Waals surface area contributed by atoms with Crippen LogP contribution in [0, 0.1) is 13.8 Å². The maximum absolute atomic E-state index is 12.5. The largest absolute Gasteiger partial charge is 0.324 e. The smallest absolute Gasteiger partial charge is 0.294 e. The summed E-state index contributed by atoms with van der Waals surface area (Å²) in [7, 11) is 0. The monoisotopic (exact) mass is 444 g/mol. The molecule has 1 aliphatic heterocycles. The van der Waals surface area contributed by atoms with Crippen molar-refractivity contribution in [1.82, 2.24) is 4.90 Å². The molecule has 1 N–H and O–H groups in total. The van der Waals surface area contributed by atoms with Crippen LogP contribution in [0.2, 0.25) is 0 Å². The summed E-state index contributed by atoms with van der Waals surface area (Å²) in [5.41, 5.74) is 3.42. The molecular formula is C20H17BrN2O3S. The molecule has 7 heteroatoms. The van der Waals surface area contributed by atoms with Crippen LogP contribution in [0.25, 0.3) is 6.08 Å². The summed E-state index contributed by atoms with van der Waals surface area (Å²) in [6, 6.07) is 13.1. The first-order valence-electron chi connectivity index (χ1n) is 8.21. The van der Waals surface area contributed by atoms with E-state index in [1.165, 1.54) is 0 Å². The first-order valence-corrected chi connectivity index (χ1v) is 9.82. The minimum absolute atomic E-state index is 0.307. The molecule has 2 aromatic carbocycles. The van der Waals surface area contributed by atoms with Gasteiger partial charge in [0.15, 0.2) is 0 Å². The van der Waals surface area contributed by atoms with Gasteiger partial charge in [0.1, 0.15) is 6.54 Å². The van der Waals surface area contributed by atoms with Crippen molar-refractivity contribution in [3.8, 4) is 0 Å². The van der Waals surface area contributed by atoms with E-state index in [1.807, 2.05) is 56.3 Å².